The van der Waals surface area contributed by atoms with Crippen molar-refractivity contribution in [1.29, 1.82) is 0 Å². The van der Waals surface area contributed by atoms with Crippen LogP contribution in [-0.2, 0) is 0 Å². The number of hydrogen-bond donors (Lipinski definition) is 3. The van der Waals surface area contributed by atoms with E-state index in [1.807, 2.05) is 0 Å². The number of carbonyl (C=O) groups is 1. The second-order valence-electron chi connectivity index (χ2n) is 7.97. The average molecular weight is 387 g/mol. The molecule has 2 aliphatic rings. The number of anilines is 1. The number of likely N-dealkylation sites (tertiary alicyclic amines) is 1. The van der Waals surface area contributed by atoms with Gasteiger partial charge in [0.2, 0.25) is 5.95 Å². The molecule has 0 aromatic carbocycles. The van der Waals surface area contributed by atoms with Gasteiger partial charge in [0.15, 0.2) is 0 Å². The van der Waals surface area contributed by atoms with Crippen LogP contribution in [0.2, 0.25) is 0 Å². The van der Waals surface area contributed by atoms with E-state index in [2.05, 4.69) is 15.3 Å². The quantitative estimate of drug-likeness (QED) is 0.734. The van der Waals surface area contributed by atoms with Gasteiger partial charge in [-0.3, -0.25) is 9.36 Å². The lowest BCUT2D eigenvalue weighted by Gasteiger charge is -2.30. The molecule has 0 radical (unpaired) electrons. The molecule has 1 amide bonds. The van der Waals surface area contributed by atoms with Gasteiger partial charge in [-0.25, -0.2) is 9.78 Å². The van der Waals surface area contributed by atoms with Crippen molar-refractivity contribution in [1.82, 2.24) is 19.4 Å². The second-order valence-corrected chi connectivity index (χ2v) is 7.97. The van der Waals surface area contributed by atoms with Crippen molar-refractivity contribution in [2.24, 2.45) is 0 Å². The maximum Gasteiger partial charge on any atom is 0.407 e. The molecule has 1 saturated carbocycles. The van der Waals surface area contributed by atoms with E-state index >= 15 is 0 Å². The number of hydrogen-bond acceptors (Lipinski definition) is 6. The zero-order chi connectivity index (χ0) is 19.9. The zero-order valence-corrected chi connectivity index (χ0v) is 15.8. The van der Waals surface area contributed by atoms with E-state index in [0.29, 0.717) is 43.9 Å². The fourth-order valence-electron chi connectivity index (χ4n) is 4.34. The zero-order valence-electron chi connectivity index (χ0n) is 15.8. The van der Waals surface area contributed by atoms with Gasteiger partial charge in [0, 0.05) is 36.8 Å². The fraction of sp³-hybridized carbons (Fsp3) is 0.579. The molecule has 2 atom stereocenters. The Hall–Kier alpha value is -2.68. The van der Waals surface area contributed by atoms with Gasteiger partial charge in [-0.15, -0.1) is 0 Å². The topological polar surface area (TPSA) is 121 Å². The Morgan fingerprint density at radius 2 is 2.04 bits per heavy atom. The van der Waals surface area contributed by atoms with Crippen molar-refractivity contribution in [2.45, 2.75) is 56.7 Å². The standard InChI is InChI=1S/C19H25N5O4/c1-19(28)8-2-3-14(19)24-15(25)5-4-12-11-20-17(22-16(12)24)21-13-6-9-23(10-7-13)18(26)27/h4-5,11,13-14,28H,2-3,6-10H2,1H3,(H,26,27)(H,20,21,22)/t14-,19-/m1/s1. The number of aromatic nitrogens is 3. The average Bonchev–Trinajstić information content (AvgIpc) is 3.01. The number of amides is 1. The molecule has 2 aromatic heterocycles. The van der Waals surface area contributed by atoms with Crippen molar-refractivity contribution < 1.29 is 15.0 Å². The monoisotopic (exact) mass is 387 g/mol. The predicted molar refractivity (Wildman–Crippen MR) is 104 cm³/mol. The van der Waals surface area contributed by atoms with Crippen LogP contribution in [0, 0.1) is 0 Å². The molecule has 150 valence electrons. The molecule has 0 bridgehead atoms. The number of nitrogens with zero attached hydrogens (tertiary/aromatic N) is 4. The Bertz CT molecular complexity index is 949. The summed E-state index contributed by atoms with van der Waals surface area (Å²) >= 11 is 0. The molecule has 4 rings (SSSR count). The molecule has 0 unspecified atom stereocenters. The van der Waals surface area contributed by atoms with Crippen LogP contribution in [0.4, 0.5) is 10.7 Å². The smallest absolute Gasteiger partial charge is 0.407 e. The lowest BCUT2D eigenvalue weighted by atomic mass is 10.00. The maximum atomic E-state index is 12.6. The fourth-order valence-corrected chi connectivity index (χ4v) is 4.34. The van der Waals surface area contributed by atoms with Crippen molar-refractivity contribution in [2.75, 3.05) is 18.4 Å². The van der Waals surface area contributed by atoms with Crippen LogP contribution >= 0.6 is 0 Å². The molecule has 1 aliphatic heterocycles. The highest BCUT2D eigenvalue weighted by molar-refractivity contribution is 5.75. The van der Waals surface area contributed by atoms with Gasteiger partial charge in [0.05, 0.1) is 11.6 Å². The van der Waals surface area contributed by atoms with Crippen LogP contribution in [0.3, 0.4) is 0 Å². The molecule has 2 fully saturated rings. The van der Waals surface area contributed by atoms with Crippen LogP contribution in [0.15, 0.2) is 23.1 Å². The highest BCUT2D eigenvalue weighted by Gasteiger charge is 2.39. The number of aliphatic hydroxyl groups is 1. The Morgan fingerprint density at radius 1 is 1.29 bits per heavy atom. The first-order valence-corrected chi connectivity index (χ1v) is 9.70. The Kier molecular flexibility index (Phi) is 4.70. The minimum Gasteiger partial charge on any atom is -0.465 e. The van der Waals surface area contributed by atoms with E-state index in [9.17, 15) is 14.7 Å². The van der Waals surface area contributed by atoms with E-state index in [4.69, 9.17) is 5.11 Å². The highest BCUT2D eigenvalue weighted by Crippen LogP contribution is 2.39. The molecular weight excluding hydrogens is 362 g/mol. The summed E-state index contributed by atoms with van der Waals surface area (Å²) in [6, 6.07) is 2.96. The lowest BCUT2D eigenvalue weighted by molar-refractivity contribution is 0.0267. The molecule has 0 spiro atoms. The van der Waals surface area contributed by atoms with Crippen molar-refractivity contribution >= 4 is 23.1 Å². The van der Waals surface area contributed by atoms with E-state index in [1.165, 1.54) is 11.0 Å². The van der Waals surface area contributed by atoms with Gasteiger partial charge < -0.3 is 20.4 Å². The summed E-state index contributed by atoms with van der Waals surface area (Å²) in [4.78, 5) is 34.0. The first-order valence-electron chi connectivity index (χ1n) is 9.70. The minimum absolute atomic E-state index is 0.0755. The van der Waals surface area contributed by atoms with Crippen molar-refractivity contribution in [3.8, 4) is 0 Å². The van der Waals surface area contributed by atoms with E-state index < -0.39 is 11.7 Å². The molecule has 28 heavy (non-hydrogen) atoms. The third-order valence-corrected chi connectivity index (χ3v) is 5.96. The number of carboxylic acid groups (broad SMARTS) is 1. The molecule has 1 aliphatic carbocycles. The molecule has 9 heteroatoms. The van der Waals surface area contributed by atoms with E-state index in [-0.39, 0.29) is 17.6 Å². The number of fused-ring (bicyclic) bond motifs is 1. The van der Waals surface area contributed by atoms with Crippen LogP contribution in [0.1, 0.15) is 45.1 Å². The SMILES string of the molecule is C[C@@]1(O)CCC[C@H]1n1c(=O)ccc2cnc(NC3CCN(C(=O)O)CC3)nc21. The van der Waals surface area contributed by atoms with Crippen LogP contribution < -0.4 is 10.9 Å². The van der Waals surface area contributed by atoms with Gasteiger partial charge >= 0.3 is 6.09 Å². The lowest BCUT2D eigenvalue weighted by Crippen LogP contribution is -2.42. The summed E-state index contributed by atoms with van der Waals surface area (Å²) in [7, 11) is 0. The van der Waals surface area contributed by atoms with Gasteiger partial charge in [0.25, 0.3) is 5.56 Å². The number of nitrogens with one attached hydrogen (secondary N) is 1. The van der Waals surface area contributed by atoms with E-state index in [0.717, 1.165) is 18.2 Å². The van der Waals surface area contributed by atoms with Gasteiger partial charge in [-0.1, -0.05) is 0 Å². The van der Waals surface area contributed by atoms with Crippen LogP contribution in [0.25, 0.3) is 11.0 Å². The van der Waals surface area contributed by atoms with Gasteiger partial charge in [-0.2, -0.15) is 4.98 Å². The summed E-state index contributed by atoms with van der Waals surface area (Å²) in [5.74, 6) is 0.415. The van der Waals surface area contributed by atoms with E-state index in [1.54, 1.807) is 23.8 Å². The maximum absolute atomic E-state index is 12.6. The third kappa shape index (κ3) is 3.42. The van der Waals surface area contributed by atoms with Gasteiger partial charge in [0.1, 0.15) is 5.65 Å². The molecular formula is C19H25N5O4. The first kappa shape index (κ1) is 18.7. The highest BCUT2D eigenvalue weighted by atomic mass is 16.4. The Labute approximate surface area is 162 Å². The number of piperidine rings is 1. The Balaban J connectivity index is 1.63. The number of pyridine rings is 1. The third-order valence-electron chi connectivity index (χ3n) is 5.96. The largest absolute Gasteiger partial charge is 0.465 e. The molecule has 1 saturated heterocycles. The second kappa shape index (κ2) is 7.05. The molecule has 3 heterocycles. The summed E-state index contributed by atoms with van der Waals surface area (Å²) in [6.45, 7) is 2.71. The summed E-state index contributed by atoms with van der Waals surface area (Å²) < 4.78 is 1.60. The summed E-state index contributed by atoms with van der Waals surface area (Å²) in [5.41, 5.74) is -0.612. The summed E-state index contributed by atoms with van der Waals surface area (Å²) in [6.07, 6.45) is 4.37. The molecule has 9 nitrogen and oxygen atoms in total. The number of rotatable bonds is 3. The normalized spacial score (nSPS) is 25.9. The Morgan fingerprint density at radius 3 is 2.68 bits per heavy atom. The van der Waals surface area contributed by atoms with Crippen LogP contribution in [-0.4, -0.2) is 60.5 Å². The molecule has 3 N–H and O–H groups in total. The van der Waals surface area contributed by atoms with Gasteiger partial charge in [-0.05, 0) is 45.1 Å². The van der Waals surface area contributed by atoms with Crippen molar-refractivity contribution in [3.05, 3.63) is 28.7 Å². The predicted octanol–water partition coefficient (Wildman–Crippen LogP) is 1.82. The minimum atomic E-state index is -0.944. The molecule has 2 aromatic rings. The van der Waals surface area contributed by atoms with Crippen LogP contribution in [0.5, 0.6) is 0 Å². The first-order chi connectivity index (χ1) is 13.3. The summed E-state index contributed by atoms with van der Waals surface area (Å²) in [5, 5.41) is 23.8. The van der Waals surface area contributed by atoms with Crippen molar-refractivity contribution in [3.63, 3.8) is 0 Å².